The van der Waals surface area contributed by atoms with Crippen molar-refractivity contribution in [1.82, 2.24) is 10.2 Å². The predicted molar refractivity (Wildman–Crippen MR) is 69.9 cm³/mol. The van der Waals surface area contributed by atoms with Gasteiger partial charge in [0, 0.05) is 19.1 Å². The maximum atomic E-state index is 10.4. The normalized spacial score (nSPS) is 21.8. The van der Waals surface area contributed by atoms with E-state index in [0.717, 1.165) is 38.2 Å². The molecule has 1 heterocycles. The summed E-state index contributed by atoms with van der Waals surface area (Å²) in [6.45, 7) is 6.31. The third-order valence-electron chi connectivity index (χ3n) is 3.55. The maximum Gasteiger partial charge on any atom is 0.0942 e. The van der Waals surface area contributed by atoms with Crippen molar-refractivity contribution in [3.8, 4) is 0 Å². The van der Waals surface area contributed by atoms with Gasteiger partial charge in [-0.25, -0.2) is 0 Å². The fourth-order valence-electron chi connectivity index (χ4n) is 2.40. The Morgan fingerprint density at radius 3 is 2.71 bits per heavy atom. The van der Waals surface area contributed by atoms with Crippen molar-refractivity contribution >= 4 is 0 Å². The first-order valence-electron chi connectivity index (χ1n) is 6.47. The summed E-state index contributed by atoms with van der Waals surface area (Å²) in [7, 11) is 0. The second-order valence-corrected chi connectivity index (χ2v) is 4.74. The van der Waals surface area contributed by atoms with E-state index in [1.54, 1.807) is 0 Å². The molecule has 0 amide bonds. The molecule has 0 aliphatic carbocycles. The number of aliphatic hydroxyl groups excluding tert-OH is 1. The largest absolute Gasteiger partial charge is 0.387 e. The lowest BCUT2D eigenvalue weighted by Gasteiger charge is -2.31. The Kier molecular flexibility index (Phi) is 4.54. The maximum absolute atomic E-state index is 10.4. The van der Waals surface area contributed by atoms with Gasteiger partial charge in [-0.3, -0.25) is 4.90 Å². The van der Waals surface area contributed by atoms with Crippen LogP contribution < -0.4 is 5.32 Å². The fraction of sp³-hybridized carbons (Fsp3) is 0.571. The van der Waals surface area contributed by atoms with Crippen molar-refractivity contribution in [3.05, 3.63) is 35.9 Å². The van der Waals surface area contributed by atoms with Gasteiger partial charge < -0.3 is 10.4 Å². The van der Waals surface area contributed by atoms with Gasteiger partial charge in [-0.15, -0.1) is 0 Å². The van der Waals surface area contributed by atoms with Crippen LogP contribution in [0.4, 0.5) is 0 Å². The van der Waals surface area contributed by atoms with Crippen LogP contribution in [0, 0.1) is 0 Å². The number of benzene rings is 1. The zero-order valence-corrected chi connectivity index (χ0v) is 10.5. The minimum absolute atomic E-state index is 0.178. The van der Waals surface area contributed by atoms with Crippen molar-refractivity contribution in [2.45, 2.75) is 25.5 Å². The van der Waals surface area contributed by atoms with Gasteiger partial charge in [0.1, 0.15) is 0 Å². The van der Waals surface area contributed by atoms with Crippen LogP contribution in [-0.4, -0.2) is 42.2 Å². The van der Waals surface area contributed by atoms with Crippen LogP contribution in [-0.2, 0) is 0 Å². The SMILES string of the molecule is CC(C(O)c1ccccc1)N1CCCNCC1. The smallest absolute Gasteiger partial charge is 0.0942 e. The van der Waals surface area contributed by atoms with E-state index in [1.807, 2.05) is 30.3 Å². The van der Waals surface area contributed by atoms with E-state index in [9.17, 15) is 5.11 Å². The average Bonchev–Trinajstić information content (AvgIpc) is 2.67. The van der Waals surface area contributed by atoms with Gasteiger partial charge in [0.25, 0.3) is 0 Å². The molecule has 1 aromatic carbocycles. The Balaban J connectivity index is 2.00. The highest BCUT2D eigenvalue weighted by molar-refractivity contribution is 5.18. The standard InChI is InChI=1S/C14H22N2O/c1-12(16-10-5-8-15-9-11-16)14(17)13-6-3-2-4-7-13/h2-4,6-7,12,14-15,17H,5,8-11H2,1H3. The number of rotatable bonds is 3. The van der Waals surface area contributed by atoms with Crippen LogP contribution in [0.25, 0.3) is 0 Å². The van der Waals surface area contributed by atoms with Crippen LogP contribution in [0.5, 0.6) is 0 Å². The highest BCUT2D eigenvalue weighted by Gasteiger charge is 2.23. The summed E-state index contributed by atoms with van der Waals surface area (Å²) in [6.07, 6.45) is 0.764. The van der Waals surface area contributed by atoms with Gasteiger partial charge in [0.15, 0.2) is 0 Å². The molecule has 2 rings (SSSR count). The highest BCUT2D eigenvalue weighted by Crippen LogP contribution is 2.20. The topological polar surface area (TPSA) is 35.5 Å². The van der Waals surface area contributed by atoms with Crippen molar-refractivity contribution in [2.75, 3.05) is 26.2 Å². The molecule has 0 radical (unpaired) electrons. The number of hydrogen-bond acceptors (Lipinski definition) is 3. The average molecular weight is 234 g/mol. The zero-order valence-electron chi connectivity index (χ0n) is 10.5. The van der Waals surface area contributed by atoms with E-state index in [2.05, 4.69) is 17.1 Å². The molecule has 0 aromatic heterocycles. The molecule has 3 heteroatoms. The summed E-state index contributed by atoms with van der Waals surface area (Å²) in [4.78, 5) is 2.37. The van der Waals surface area contributed by atoms with Gasteiger partial charge >= 0.3 is 0 Å². The van der Waals surface area contributed by atoms with Gasteiger partial charge in [-0.1, -0.05) is 30.3 Å². The van der Waals surface area contributed by atoms with Crippen molar-refractivity contribution < 1.29 is 5.11 Å². The van der Waals surface area contributed by atoms with Gasteiger partial charge in [-0.2, -0.15) is 0 Å². The van der Waals surface area contributed by atoms with Gasteiger partial charge in [0.05, 0.1) is 6.10 Å². The minimum atomic E-state index is -0.394. The van der Waals surface area contributed by atoms with Gasteiger partial charge in [-0.05, 0) is 32.0 Å². The fourth-order valence-corrected chi connectivity index (χ4v) is 2.40. The molecule has 2 N–H and O–H groups in total. The van der Waals surface area contributed by atoms with Crippen molar-refractivity contribution in [1.29, 1.82) is 0 Å². The molecule has 1 saturated heterocycles. The van der Waals surface area contributed by atoms with E-state index in [1.165, 1.54) is 0 Å². The lowest BCUT2D eigenvalue weighted by atomic mass is 10.0. The van der Waals surface area contributed by atoms with E-state index in [0.29, 0.717) is 0 Å². The first-order valence-corrected chi connectivity index (χ1v) is 6.47. The van der Waals surface area contributed by atoms with E-state index in [-0.39, 0.29) is 6.04 Å². The first-order chi connectivity index (χ1) is 8.29. The Hall–Kier alpha value is -0.900. The van der Waals surface area contributed by atoms with E-state index >= 15 is 0 Å². The quantitative estimate of drug-likeness (QED) is 0.830. The number of nitrogens with one attached hydrogen (secondary N) is 1. The summed E-state index contributed by atoms with van der Waals surface area (Å²) >= 11 is 0. The third-order valence-corrected chi connectivity index (χ3v) is 3.55. The third kappa shape index (κ3) is 3.28. The molecule has 17 heavy (non-hydrogen) atoms. The molecule has 1 aromatic rings. The van der Waals surface area contributed by atoms with E-state index in [4.69, 9.17) is 0 Å². The van der Waals surface area contributed by atoms with Gasteiger partial charge in [0.2, 0.25) is 0 Å². The summed E-state index contributed by atoms with van der Waals surface area (Å²) in [5.41, 5.74) is 1.01. The number of nitrogens with zero attached hydrogens (tertiary/aromatic N) is 1. The molecule has 2 atom stereocenters. The van der Waals surface area contributed by atoms with Crippen LogP contribution in [0.3, 0.4) is 0 Å². The molecule has 2 unspecified atom stereocenters. The van der Waals surface area contributed by atoms with Crippen molar-refractivity contribution in [2.24, 2.45) is 0 Å². The Labute approximate surface area is 103 Å². The molecule has 0 bridgehead atoms. The van der Waals surface area contributed by atoms with E-state index < -0.39 is 6.10 Å². The lowest BCUT2D eigenvalue weighted by Crippen LogP contribution is -2.39. The Morgan fingerprint density at radius 1 is 1.18 bits per heavy atom. The van der Waals surface area contributed by atoms with Crippen LogP contribution in [0.2, 0.25) is 0 Å². The zero-order chi connectivity index (χ0) is 12.1. The molecule has 3 nitrogen and oxygen atoms in total. The summed E-state index contributed by atoms with van der Waals surface area (Å²) in [5, 5.41) is 13.8. The Bertz CT molecular complexity index is 320. The first kappa shape index (κ1) is 12.6. The monoisotopic (exact) mass is 234 g/mol. The molecule has 1 fully saturated rings. The number of aliphatic hydroxyl groups is 1. The lowest BCUT2D eigenvalue weighted by molar-refractivity contribution is 0.0615. The molecule has 1 aliphatic rings. The minimum Gasteiger partial charge on any atom is -0.387 e. The predicted octanol–water partition coefficient (Wildman–Crippen LogP) is 1.40. The summed E-state index contributed by atoms with van der Waals surface area (Å²) in [6, 6.07) is 10.1. The second-order valence-electron chi connectivity index (χ2n) is 4.74. The molecular weight excluding hydrogens is 212 g/mol. The van der Waals surface area contributed by atoms with Crippen molar-refractivity contribution in [3.63, 3.8) is 0 Å². The van der Waals surface area contributed by atoms with Crippen LogP contribution in [0.1, 0.15) is 25.0 Å². The van der Waals surface area contributed by atoms with Crippen LogP contribution in [0.15, 0.2) is 30.3 Å². The summed E-state index contributed by atoms with van der Waals surface area (Å²) in [5.74, 6) is 0. The molecular formula is C14H22N2O. The molecule has 1 aliphatic heterocycles. The molecule has 0 spiro atoms. The van der Waals surface area contributed by atoms with Crippen LogP contribution >= 0.6 is 0 Å². The molecule has 94 valence electrons. The second kappa shape index (κ2) is 6.15. The Morgan fingerprint density at radius 2 is 1.94 bits per heavy atom. The summed E-state index contributed by atoms with van der Waals surface area (Å²) < 4.78 is 0. The molecule has 0 saturated carbocycles. The highest BCUT2D eigenvalue weighted by atomic mass is 16.3. The number of hydrogen-bond donors (Lipinski definition) is 2.